The minimum absolute atomic E-state index is 0.319. The smallest absolute Gasteiger partial charge is 0.0588 e. The Kier molecular flexibility index (Phi) is 9.56. The molecule has 2 nitrogen and oxygen atoms in total. The van der Waals surface area contributed by atoms with Crippen LogP contribution in [0.2, 0.25) is 0 Å². The number of anilines is 3. The van der Waals surface area contributed by atoms with Gasteiger partial charge in [-0.05, 0) is 185 Å². The molecule has 0 spiro atoms. The van der Waals surface area contributed by atoms with Crippen LogP contribution in [0.25, 0.3) is 60.9 Å². The highest BCUT2D eigenvalue weighted by molar-refractivity contribution is 6.18. The van der Waals surface area contributed by atoms with Gasteiger partial charge in [-0.3, -0.25) is 0 Å². The Morgan fingerprint density at radius 1 is 0.507 bits per heavy atom. The van der Waals surface area contributed by atoms with Gasteiger partial charge in [0.05, 0.1) is 16.7 Å². The highest BCUT2D eigenvalue weighted by Gasteiger charge is 2.51. The molecule has 0 atom stereocenters. The van der Waals surface area contributed by atoms with E-state index in [0.717, 1.165) is 17.8 Å². The second-order valence-corrected chi connectivity index (χ2v) is 22.5. The summed E-state index contributed by atoms with van der Waals surface area (Å²) in [5.41, 5.74) is 21.0. The van der Waals surface area contributed by atoms with E-state index in [4.69, 9.17) is 0 Å². The maximum Gasteiger partial charge on any atom is 0.0588 e. The molecule has 5 fully saturated rings. The maximum atomic E-state index is 2.61. The first-order chi connectivity index (χ1) is 33.9. The van der Waals surface area contributed by atoms with Crippen molar-refractivity contribution in [1.82, 2.24) is 4.57 Å². The minimum Gasteiger partial charge on any atom is -0.310 e. The Bertz CT molecular complexity index is 3350. The van der Waals surface area contributed by atoms with Gasteiger partial charge in [0, 0.05) is 38.8 Å². The van der Waals surface area contributed by atoms with E-state index in [-0.39, 0.29) is 5.41 Å². The van der Waals surface area contributed by atoms with Crippen molar-refractivity contribution < 1.29 is 0 Å². The molecule has 8 aromatic carbocycles. The minimum atomic E-state index is -0.319. The van der Waals surface area contributed by atoms with E-state index in [1.54, 1.807) is 5.56 Å². The number of nitrogens with zero attached hydrogens (tertiary/aromatic N) is 2. The van der Waals surface area contributed by atoms with E-state index in [2.05, 4.69) is 205 Å². The number of fused-ring (bicyclic) bond motifs is 7. The van der Waals surface area contributed by atoms with E-state index >= 15 is 0 Å². The molecular weight excluding hydrogens is 833 g/mol. The first-order valence-electron chi connectivity index (χ1n) is 26.4. The molecule has 5 saturated carbocycles. The molecule has 0 radical (unpaired) electrons. The fraction of sp³-hybridized carbons (Fsp3) is 0.284. The number of rotatable bonds is 8. The topological polar surface area (TPSA) is 8.17 Å². The molecule has 0 aliphatic heterocycles. The molecule has 0 N–H and O–H groups in total. The molecule has 0 amide bonds. The molecule has 15 rings (SSSR count). The molecule has 4 bridgehead atoms. The van der Waals surface area contributed by atoms with Crippen LogP contribution in [0.15, 0.2) is 182 Å². The zero-order valence-corrected chi connectivity index (χ0v) is 40.3. The molecule has 340 valence electrons. The van der Waals surface area contributed by atoms with Gasteiger partial charge < -0.3 is 9.47 Å². The standard InChI is InChI=1S/C67H62N2/c1-66(2)60-40-62(68(53-30-26-48(27-31-53)47-16-7-3-8-17-47)54-32-28-51(29-33-54)67-41-44-36-45(42-67)38-46(37-44)43-67)58(50-20-11-5-12-21-50)39-59(60)56-34-35-57-63-55(49-18-9-4-10-19-49)24-15-25-61(63)69(65(57)64(56)66)52-22-13-6-14-23-52/h4-6,9-15,18-35,39-40,44-47H,3,7-8,16-17,36-38,41-43H2,1-2H3. The van der Waals surface area contributed by atoms with Gasteiger partial charge >= 0.3 is 0 Å². The number of para-hydroxylation sites is 1. The van der Waals surface area contributed by atoms with Crippen molar-refractivity contribution in [3.63, 3.8) is 0 Å². The monoisotopic (exact) mass is 894 g/mol. The van der Waals surface area contributed by atoms with Gasteiger partial charge in [-0.25, -0.2) is 0 Å². The van der Waals surface area contributed by atoms with Crippen molar-refractivity contribution in [2.45, 2.75) is 101 Å². The normalized spacial score (nSPS) is 22.3. The summed E-state index contributed by atoms with van der Waals surface area (Å²) in [7, 11) is 0. The molecule has 0 saturated heterocycles. The van der Waals surface area contributed by atoms with Crippen LogP contribution in [0.1, 0.15) is 113 Å². The van der Waals surface area contributed by atoms with Gasteiger partial charge in [0.15, 0.2) is 0 Å². The predicted molar refractivity (Wildman–Crippen MR) is 290 cm³/mol. The van der Waals surface area contributed by atoms with Gasteiger partial charge in [-0.2, -0.15) is 0 Å². The molecular formula is C67H62N2. The summed E-state index contributed by atoms with van der Waals surface area (Å²) in [5.74, 6) is 3.42. The van der Waals surface area contributed by atoms with Crippen LogP contribution in [0.4, 0.5) is 17.1 Å². The molecule has 6 aliphatic rings. The lowest BCUT2D eigenvalue weighted by Gasteiger charge is -2.57. The molecule has 2 heteroatoms. The molecule has 6 aliphatic carbocycles. The number of hydrogen-bond donors (Lipinski definition) is 0. The average molecular weight is 895 g/mol. The third-order valence-corrected chi connectivity index (χ3v) is 18.1. The third kappa shape index (κ3) is 6.57. The second-order valence-electron chi connectivity index (χ2n) is 22.5. The Labute approximate surface area is 408 Å². The molecule has 1 heterocycles. The second kappa shape index (κ2) is 16.0. The first kappa shape index (κ1) is 41.3. The zero-order valence-electron chi connectivity index (χ0n) is 40.3. The fourth-order valence-electron chi connectivity index (χ4n) is 15.4. The largest absolute Gasteiger partial charge is 0.310 e. The van der Waals surface area contributed by atoms with Gasteiger partial charge in [-0.15, -0.1) is 0 Å². The van der Waals surface area contributed by atoms with Gasteiger partial charge in [0.2, 0.25) is 0 Å². The van der Waals surface area contributed by atoms with Gasteiger partial charge in [0.25, 0.3) is 0 Å². The number of benzene rings is 8. The lowest BCUT2D eigenvalue weighted by molar-refractivity contribution is -0.00518. The van der Waals surface area contributed by atoms with E-state index in [9.17, 15) is 0 Å². The Hall–Kier alpha value is -6.64. The van der Waals surface area contributed by atoms with E-state index < -0.39 is 0 Å². The first-order valence-corrected chi connectivity index (χ1v) is 26.4. The third-order valence-electron chi connectivity index (χ3n) is 18.1. The Morgan fingerprint density at radius 3 is 1.74 bits per heavy atom. The molecule has 1 aromatic heterocycles. The Morgan fingerprint density at radius 2 is 1.10 bits per heavy atom. The van der Waals surface area contributed by atoms with E-state index in [1.807, 2.05) is 0 Å². The van der Waals surface area contributed by atoms with Crippen LogP contribution in [0.5, 0.6) is 0 Å². The van der Waals surface area contributed by atoms with Crippen LogP contribution in [0, 0.1) is 17.8 Å². The van der Waals surface area contributed by atoms with Crippen molar-refractivity contribution >= 4 is 38.9 Å². The summed E-state index contributed by atoms with van der Waals surface area (Å²) in [6.07, 6.45) is 15.2. The van der Waals surface area contributed by atoms with Crippen molar-refractivity contribution in [3.05, 3.63) is 204 Å². The lowest BCUT2D eigenvalue weighted by Crippen LogP contribution is -2.48. The summed E-state index contributed by atoms with van der Waals surface area (Å²) in [6.45, 7) is 4.97. The SMILES string of the molecule is CC1(C)c2cc(N(c3ccc(C4CCCCC4)cc3)c3ccc(C45CC6CC(CC(C6)C4)C5)cc3)c(-c3ccccc3)cc2-c2ccc3c4c(-c5ccccc5)cccc4n(-c4ccccc4)c3c21. The van der Waals surface area contributed by atoms with Crippen molar-refractivity contribution in [3.8, 4) is 39.1 Å². The summed E-state index contributed by atoms with van der Waals surface area (Å²) in [6, 6.07) is 70.0. The summed E-state index contributed by atoms with van der Waals surface area (Å²) in [5, 5.41) is 2.61. The van der Waals surface area contributed by atoms with Crippen molar-refractivity contribution in [2.24, 2.45) is 17.8 Å². The van der Waals surface area contributed by atoms with Crippen LogP contribution in [-0.2, 0) is 10.8 Å². The lowest BCUT2D eigenvalue weighted by atomic mass is 9.48. The van der Waals surface area contributed by atoms with Crippen LogP contribution < -0.4 is 4.90 Å². The van der Waals surface area contributed by atoms with Gasteiger partial charge in [0.1, 0.15) is 0 Å². The maximum absolute atomic E-state index is 2.61. The molecule has 0 unspecified atom stereocenters. The van der Waals surface area contributed by atoms with Crippen molar-refractivity contribution in [1.29, 1.82) is 0 Å². The van der Waals surface area contributed by atoms with Gasteiger partial charge in [-0.1, -0.05) is 161 Å². The summed E-state index contributed by atoms with van der Waals surface area (Å²) in [4.78, 5) is 2.61. The highest BCUT2D eigenvalue weighted by Crippen LogP contribution is 2.61. The zero-order chi connectivity index (χ0) is 45.8. The summed E-state index contributed by atoms with van der Waals surface area (Å²) >= 11 is 0. The number of aromatic nitrogens is 1. The molecule has 69 heavy (non-hydrogen) atoms. The van der Waals surface area contributed by atoms with Crippen LogP contribution >= 0.6 is 0 Å². The van der Waals surface area contributed by atoms with Crippen LogP contribution in [0.3, 0.4) is 0 Å². The van der Waals surface area contributed by atoms with E-state index in [1.165, 1.54) is 165 Å². The molecule has 9 aromatic rings. The predicted octanol–water partition coefficient (Wildman–Crippen LogP) is 18.4. The quantitative estimate of drug-likeness (QED) is 0.148. The Balaban J connectivity index is 0.983. The fourth-order valence-corrected chi connectivity index (χ4v) is 15.4. The van der Waals surface area contributed by atoms with E-state index in [0.29, 0.717) is 11.3 Å². The van der Waals surface area contributed by atoms with Crippen LogP contribution in [-0.4, -0.2) is 4.57 Å². The average Bonchev–Trinajstić information content (AvgIpc) is 3.85. The van der Waals surface area contributed by atoms with Crippen molar-refractivity contribution in [2.75, 3.05) is 4.90 Å². The summed E-state index contributed by atoms with van der Waals surface area (Å²) < 4.78 is 2.56. The number of hydrogen-bond acceptors (Lipinski definition) is 1. The highest BCUT2D eigenvalue weighted by atomic mass is 15.1.